The van der Waals surface area contributed by atoms with Crippen LogP contribution in [0.3, 0.4) is 0 Å². The first-order valence-electron chi connectivity index (χ1n) is 9.33. The number of alkyl halides is 1. The van der Waals surface area contributed by atoms with Crippen LogP contribution in [-0.4, -0.2) is 43.6 Å². The Kier molecular flexibility index (Phi) is 6.87. The number of benzene rings is 2. The highest BCUT2D eigenvalue weighted by Crippen LogP contribution is 2.32. The highest BCUT2D eigenvalue weighted by atomic mass is 79.9. The molecule has 3 aromatic rings. The maximum Gasteiger partial charge on any atom is 0.411 e. The smallest absolute Gasteiger partial charge is 0.411 e. The molecule has 0 aliphatic carbocycles. The molecule has 0 aliphatic rings. The number of halogens is 1. The second kappa shape index (κ2) is 9.25. The number of carbonyl (C=O) groups excluding carboxylic acids is 1. The molecule has 0 spiro atoms. The van der Waals surface area contributed by atoms with Crippen LogP contribution in [0, 0.1) is 5.92 Å². The number of nitrogens with one attached hydrogen (secondary N) is 2. The van der Waals surface area contributed by atoms with Gasteiger partial charge in [0.1, 0.15) is 23.8 Å². The van der Waals surface area contributed by atoms with Crippen molar-refractivity contribution in [3.05, 3.63) is 36.4 Å². The quantitative estimate of drug-likeness (QED) is 0.389. The largest absolute Gasteiger partial charge is 0.480 e. The van der Waals surface area contributed by atoms with E-state index >= 15 is 0 Å². The Hall–Kier alpha value is -2.63. The molecule has 3 rings (SSSR count). The Balaban J connectivity index is 1.92. The molecule has 0 fully saturated rings. The normalized spacial score (nSPS) is 12.9. The molecule has 1 atom stereocenters. The molecule has 1 amide bonds. The van der Waals surface area contributed by atoms with Crippen LogP contribution in [0.5, 0.6) is 0 Å². The summed E-state index contributed by atoms with van der Waals surface area (Å²) in [6.45, 7) is 3.46. The van der Waals surface area contributed by atoms with E-state index in [2.05, 4.69) is 26.0 Å². The van der Waals surface area contributed by atoms with Crippen LogP contribution < -0.4 is 10.0 Å². The molecule has 0 bridgehead atoms. The number of aliphatic carboxylic acids is 1. The Bertz CT molecular complexity index is 1240. The number of carboxylic acids is 1. The fraction of sp³-hybridized carbons (Fsp3) is 0.300. The van der Waals surface area contributed by atoms with E-state index in [4.69, 9.17) is 9.15 Å². The summed E-state index contributed by atoms with van der Waals surface area (Å²) in [5, 5.41) is 13.8. The van der Waals surface area contributed by atoms with Crippen LogP contribution in [0.15, 0.2) is 45.7 Å². The molecule has 2 aromatic carbocycles. The molecule has 0 saturated heterocycles. The summed E-state index contributed by atoms with van der Waals surface area (Å²) in [6.07, 6.45) is -0.604. The van der Waals surface area contributed by atoms with Crippen LogP contribution >= 0.6 is 15.9 Å². The molecule has 3 N–H and O–H groups in total. The van der Waals surface area contributed by atoms with Gasteiger partial charge in [-0.1, -0.05) is 29.8 Å². The summed E-state index contributed by atoms with van der Waals surface area (Å²) >= 11 is 3.17. The lowest BCUT2D eigenvalue weighted by Gasteiger charge is -2.17. The first-order valence-corrected chi connectivity index (χ1v) is 11.9. The number of hydrogen-bond acceptors (Lipinski definition) is 6. The minimum atomic E-state index is -4.08. The van der Waals surface area contributed by atoms with Gasteiger partial charge < -0.3 is 14.3 Å². The number of carboxylic acid groups (broad SMARTS) is 1. The Morgan fingerprint density at radius 1 is 1.13 bits per heavy atom. The summed E-state index contributed by atoms with van der Waals surface area (Å²) in [4.78, 5) is 23.0. The Morgan fingerprint density at radius 2 is 1.77 bits per heavy atom. The van der Waals surface area contributed by atoms with E-state index in [9.17, 15) is 23.1 Å². The molecule has 166 valence electrons. The van der Waals surface area contributed by atoms with E-state index < -0.39 is 34.0 Å². The average molecular weight is 513 g/mol. The number of sulfonamides is 1. The van der Waals surface area contributed by atoms with Crippen molar-refractivity contribution in [3.63, 3.8) is 0 Å². The van der Waals surface area contributed by atoms with Crippen molar-refractivity contribution in [1.82, 2.24) is 4.72 Å². The zero-order valence-electron chi connectivity index (χ0n) is 16.7. The average Bonchev–Trinajstić information content (AvgIpc) is 3.07. The maximum absolute atomic E-state index is 12.7. The number of carbonyl (C=O) groups is 2. The monoisotopic (exact) mass is 512 g/mol. The standard InChI is InChI=1S/C20H21BrN2O7S/c1-11(2)18(19(24)25)23-31(27,28)13-4-6-15-14-5-3-12(22-20(26)29-8-7-21)9-16(14)30-17(15)10-13/h3-6,9-11,18,23H,7-8H2,1-2H3,(H,22,26)(H,24,25). The minimum absolute atomic E-state index is 0.109. The predicted octanol–water partition coefficient (Wildman–Crippen LogP) is 3.92. The molecular formula is C20H21BrN2O7S. The van der Waals surface area contributed by atoms with Gasteiger partial charge in [0.25, 0.3) is 0 Å². The third-order valence-corrected chi connectivity index (χ3v) is 6.29. The Morgan fingerprint density at radius 3 is 2.39 bits per heavy atom. The third kappa shape index (κ3) is 5.17. The SMILES string of the molecule is CC(C)C(NS(=O)(=O)c1ccc2c(c1)oc1cc(NC(=O)OCCBr)ccc12)C(=O)O. The molecule has 0 aliphatic heterocycles. The van der Waals surface area contributed by atoms with Crippen LogP contribution in [0.4, 0.5) is 10.5 Å². The number of amides is 1. The third-order valence-electron chi connectivity index (χ3n) is 4.53. The van der Waals surface area contributed by atoms with Gasteiger partial charge in [0.05, 0.1) is 4.90 Å². The Labute approximate surface area is 186 Å². The first-order chi connectivity index (χ1) is 14.6. The van der Waals surface area contributed by atoms with Gasteiger partial charge >= 0.3 is 12.1 Å². The zero-order chi connectivity index (χ0) is 22.8. The van der Waals surface area contributed by atoms with E-state index in [0.29, 0.717) is 27.6 Å². The van der Waals surface area contributed by atoms with Gasteiger partial charge in [0.15, 0.2) is 0 Å². The highest BCUT2D eigenvalue weighted by molar-refractivity contribution is 9.09. The molecule has 9 nitrogen and oxygen atoms in total. The fourth-order valence-electron chi connectivity index (χ4n) is 2.99. The predicted molar refractivity (Wildman–Crippen MR) is 119 cm³/mol. The lowest BCUT2D eigenvalue weighted by atomic mass is 10.1. The summed E-state index contributed by atoms with van der Waals surface area (Å²) in [7, 11) is -4.08. The van der Waals surface area contributed by atoms with Gasteiger partial charge in [-0.2, -0.15) is 4.72 Å². The van der Waals surface area contributed by atoms with Crippen LogP contribution in [0.25, 0.3) is 21.9 Å². The molecule has 0 saturated carbocycles. The second-order valence-corrected chi connectivity index (χ2v) is 9.61. The lowest BCUT2D eigenvalue weighted by molar-refractivity contribution is -0.140. The van der Waals surface area contributed by atoms with Crippen LogP contribution in [0.1, 0.15) is 13.8 Å². The summed E-state index contributed by atoms with van der Waals surface area (Å²) in [5.41, 5.74) is 1.22. The number of furan rings is 1. The van der Waals surface area contributed by atoms with Crippen LogP contribution in [0.2, 0.25) is 0 Å². The number of ether oxygens (including phenoxy) is 1. The van der Waals surface area contributed by atoms with Gasteiger partial charge in [-0.3, -0.25) is 10.1 Å². The van der Waals surface area contributed by atoms with Gasteiger partial charge in [0.2, 0.25) is 10.0 Å². The first kappa shape index (κ1) is 23.0. The molecule has 11 heteroatoms. The molecule has 1 unspecified atom stereocenters. The number of rotatable bonds is 8. The van der Waals surface area contributed by atoms with Crippen molar-refractivity contribution in [2.45, 2.75) is 24.8 Å². The topological polar surface area (TPSA) is 135 Å². The van der Waals surface area contributed by atoms with Crippen molar-refractivity contribution in [2.75, 3.05) is 17.3 Å². The molecule has 0 radical (unpaired) electrons. The fourth-order valence-corrected chi connectivity index (χ4v) is 4.51. The zero-order valence-corrected chi connectivity index (χ0v) is 19.1. The number of hydrogen-bond donors (Lipinski definition) is 3. The van der Waals surface area contributed by atoms with E-state index in [0.717, 1.165) is 5.39 Å². The van der Waals surface area contributed by atoms with Gasteiger partial charge in [-0.05, 0) is 30.2 Å². The molecule has 1 heterocycles. The van der Waals surface area contributed by atoms with Crippen molar-refractivity contribution in [1.29, 1.82) is 0 Å². The van der Waals surface area contributed by atoms with Gasteiger partial charge in [-0.15, -0.1) is 0 Å². The number of fused-ring (bicyclic) bond motifs is 3. The van der Waals surface area contributed by atoms with Crippen molar-refractivity contribution in [3.8, 4) is 0 Å². The molecule has 1 aromatic heterocycles. The second-order valence-electron chi connectivity index (χ2n) is 7.10. The summed E-state index contributed by atoms with van der Waals surface area (Å²) < 4.78 is 38.3. The van der Waals surface area contributed by atoms with Gasteiger partial charge in [0, 0.05) is 33.9 Å². The number of anilines is 1. The highest BCUT2D eigenvalue weighted by Gasteiger charge is 2.28. The summed E-state index contributed by atoms with van der Waals surface area (Å²) in [6, 6.07) is 8.10. The maximum atomic E-state index is 12.7. The van der Waals surface area contributed by atoms with Crippen LogP contribution in [-0.2, 0) is 19.6 Å². The van der Waals surface area contributed by atoms with E-state index in [1.54, 1.807) is 38.1 Å². The summed E-state index contributed by atoms with van der Waals surface area (Å²) in [5.74, 6) is -1.69. The van der Waals surface area contributed by atoms with Crippen molar-refractivity contribution >= 4 is 65.6 Å². The van der Waals surface area contributed by atoms with E-state index in [1.807, 2.05) is 0 Å². The van der Waals surface area contributed by atoms with Crippen molar-refractivity contribution < 1.29 is 32.3 Å². The van der Waals surface area contributed by atoms with E-state index in [1.165, 1.54) is 12.1 Å². The lowest BCUT2D eigenvalue weighted by Crippen LogP contribution is -2.44. The molecule has 31 heavy (non-hydrogen) atoms. The molecular weight excluding hydrogens is 492 g/mol. The van der Waals surface area contributed by atoms with Crippen molar-refractivity contribution in [2.24, 2.45) is 5.92 Å². The minimum Gasteiger partial charge on any atom is -0.480 e. The van der Waals surface area contributed by atoms with Gasteiger partial charge in [-0.25, -0.2) is 13.2 Å². The van der Waals surface area contributed by atoms with E-state index in [-0.39, 0.29) is 11.5 Å².